The van der Waals surface area contributed by atoms with E-state index in [1.165, 1.54) is 6.07 Å². The second-order valence-electron chi connectivity index (χ2n) is 4.00. The van der Waals surface area contributed by atoms with Gasteiger partial charge in [-0.05, 0) is 13.0 Å². The molecule has 0 bridgehead atoms. The first-order valence-electron chi connectivity index (χ1n) is 5.45. The first-order chi connectivity index (χ1) is 8.09. The molecule has 17 heavy (non-hydrogen) atoms. The summed E-state index contributed by atoms with van der Waals surface area (Å²) in [6.45, 7) is 2.61. The van der Waals surface area contributed by atoms with Gasteiger partial charge in [-0.25, -0.2) is 4.39 Å². The van der Waals surface area contributed by atoms with Crippen molar-refractivity contribution in [1.82, 2.24) is 0 Å². The molecule has 1 saturated heterocycles. The summed E-state index contributed by atoms with van der Waals surface area (Å²) in [6.07, 6.45) is -1.19. The van der Waals surface area contributed by atoms with Gasteiger partial charge in [-0.2, -0.15) is 0 Å². The van der Waals surface area contributed by atoms with Crippen LogP contribution in [0.1, 0.15) is 23.7 Å². The average Bonchev–Trinajstić information content (AvgIpc) is 2.78. The molecule has 1 aromatic carbocycles. The number of aliphatic hydroxyl groups excluding tert-OH is 1. The fourth-order valence-corrected chi connectivity index (χ4v) is 1.94. The Morgan fingerprint density at radius 2 is 2.12 bits per heavy atom. The van der Waals surface area contributed by atoms with E-state index in [-0.39, 0.29) is 12.0 Å². The zero-order valence-electron chi connectivity index (χ0n) is 9.45. The molecular weight excluding hydrogens is 247 g/mol. The smallest absolute Gasteiger partial charge is 0.160 e. The molecule has 0 radical (unpaired) electrons. The van der Waals surface area contributed by atoms with Crippen LogP contribution < -0.4 is 0 Å². The van der Waals surface area contributed by atoms with Crippen molar-refractivity contribution in [2.75, 3.05) is 13.2 Å². The zero-order valence-corrected chi connectivity index (χ0v) is 10.2. The molecule has 3 nitrogen and oxygen atoms in total. The maximum atomic E-state index is 13.9. The van der Waals surface area contributed by atoms with Gasteiger partial charge in [0, 0.05) is 22.6 Å². The minimum absolute atomic E-state index is 0.220. The van der Waals surface area contributed by atoms with E-state index < -0.39 is 18.2 Å². The number of aliphatic hydroxyl groups is 1. The molecule has 1 heterocycles. The Morgan fingerprint density at radius 3 is 2.76 bits per heavy atom. The Labute approximate surface area is 104 Å². The molecule has 1 fully saturated rings. The summed E-state index contributed by atoms with van der Waals surface area (Å²) < 4.78 is 24.3. The highest BCUT2D eigenvalue weighted by Gasteiger charge is 2.23. The number of benzene rings is 1. The van der Waals surface area contributed by atoms with Crippen molar-refractivity contribution in [1.29, 1.82) is 0 Å². The molecule has 0 aliphatic carbocycles. The first kappa shape index (κ1) is 12.8. The Morgan fingerprint density at radius 1 is 1.47 bits per heavy atom. The number of ether oxygens (including phenoxy) is 2. The Balaban J connectivity index is 2.13. The van der Waals surface area contributed by atoms with Crippen LogP contribution in [0.2, 0.25) is 5.02 Å². The molecule has 1 aromatic rings. The number of hydrogen-bond donors (Lipinski definition) is 1. The highest BCUT2D eigenvalue weighted by Crippen LogP contribution is 2.28. The summed E-state index contributed by atoms with van der Waals surface area (Å²) in [5, 5.41) is 10.3. The van der Waals surface area contributed by atoms with Gasteiger partial charge in [0.05, 0.1) is 19.3 Å². The predicted octanol–water partition coefficient (Wildman–Crippen LogP) is 2.58. The van der Waals surface area contributed by atoms with Gasteiger partial charge in [-0.15, -0.1) is 0 Å². The van der Waals surface area contributed by atoms with Crippen LogP contribution in [0.25, 0.3) is 0 Å². The lowest BCUT2D eigenvalue weighted by Gasteiger charge is -2.16. The van der Waals surface area contributed by atoms with E-state index in [0.29, 0.717) is 23.8 Å². The van der Waals surface area contributed by atoms with Gasteiger partial charge in [0.2, 0.25) is 0 Å². The van der Waals surface area contributed by atoms with E-state index in [4.69, 9.17) is 21.1 Å². The number of rotatable bonds is 3. The molecule has 1 unspecified atom stereocenters. The molecule has 1 aliphatic rings. The van der Waals surface area contributed by atoms with Gasteiger partial charge in [-0.1, -0.05) is 17.7 Å². The van der Waals surface area contributed by atoms with Crippen LogP contribution in [0.3, 0.4) is 0 Å². The van der Waals surface area contributed by atoms with E-state index >= 15 is 0 Å². The monoisotopic (exact) mass is 260 g/mol. The van der Waals surface area contributed by atoms with Crippen LogP contribution in [0.4, 0.5) is 4.39 Å². The van der Waals surface area contributed by atoms with Crippen LogP contribution in [0, 0.1) is 12.7 Å². The SMILES string of the molecule is Cc1c(Cl)ccc(C(O)CC2OCCO2)c1F. The summed E-state index contributed by atoms with van der Waals surface area (Å²) in [5.74, 6) is -0.469. The molecule has 1 atom stereocenters. The van der Waals surface area contributed by atoms with Crippen molar-refractivity contribution in [2.24, 2.45) is 0 Å². The van der Waals surface area contributed by atoms with Gasteiger partial charge < -0.3 is 14.6 Å². The lowest BCUT2D eigenvalue weighted by molar-refractivity contribution is -0.0712. The highest BCUT2D eigenvalue weighted by molar-refractivity contribution is 6.31. The maximum Gasteiger partial charge on any atom is 0.160 e. The summed E-state index contributed by atoms with van der Waals surface area (Å²) in [5.41, 5.74) is 0.572. The standard InChI is InChI=1S/C12H14ClFO3/c1-7-9(13)3-2-8(12(7)14)10(15)6-11-16-4-5-17-11/h2-3,10-11,15H,4-6H2,1H3. The number of hydrogen-bond acceptors (Lipinski definition) is 3. The van der Waals surface area contributed by atoms with E-state index in [9.17, 15) is 9.50 Å². The van der Waals surface area contributed by atoms with Crippen LogP contribution in [-0.2, 0) is 9.47 Å². The molecule has 1 aliphatic heterocycles. The summed E-state index contributed by atoms with van der Waals surface area (Å²) in [6, 6.07) is 3.07. The van der Waals surface area contributed by atoms with Crippen molar-refractivity contribution < 1.29 is 19.0 Å². The van der Waals surface area contributed by atoms with Crippen molar-refractivity contribution in [3.8, 4) is 0 Å². The Bertz CT molecular complexity index is 405. The van der Waals surface area contributed by atoms with E-state index in [1.54, 1.807) is 13.0 Å². The summed E-state index contributed by atoms with van der Waals surface area (Å²) in [4.78, 5) is 0. The van der Waals surface area contributed by atoms with Crippen molar-refractivity contribution >= 4 is 11.6 Å². The van der Waals surface area contributed by atoms with Gasteiger partial charge >= 0.3 is 0 Å². The normalized spacial score (nSPS) is 18.6. The first-order valence-corrected chi connectivity index (χ1v) is 5.83. The Hall–Kier alpha value is -0.680. The maximum absolute atomic E-state index is 13.9. The molecular formula is C12H14ClFO3. The molecule has 2 rings (SSSR count). The van der Waals surface area contributed by atoms with Gasteiger partial charge in [0.1, 0.15) is 5.82 Å². The fraction of sp³-hybridized carbons (Fsp3) is 0.500. The van der Waals surface area contributed by atoms with Gasteiger partial charge in [0.25, 0.3) is 0 Å². The van der Waals surface area contributed by atoms with E-state index in [0.717, 1.165) is 0 Å². The topological polar surface area (TPSA) is 38.7 Å². The zero-order chi connectivity index (χ0) is 12.4. The third-order valence-electron chi connectivity index (χ3n) is 2.82. The minimum Gasteiger partial charge on any atom is -0.388 e. The molecule has 0 aromatic heterocycles. The third kappa shape index (κ3) is 2.77. The lowest BCUT2D eigenvalue weighted by atomic mass is 10.0. The Kier molecular flexibility index (Phi) is 3.99. The molecule has 5 heteroatoms. The third-order valence-corrected chi connectivity index (χ3v) is 3.23. The largest absolute Gasteiger partial charge is 0.388 e. The van der Waals surface area contributed by atoms with Crippen molar-refractivity contribution in [2.45, 2.75) is 25.7 Å². The highest BCUT2D eigenvalue weighted by atomic mass is 35.5. The second kappa shape index (κ2) is 5.31. The van der Waals surface area contributed by atoms with Crippen molar-refractivity contribution in [3.05, 3.63) is 34.1 Å². The van der Waals surface area contributed by atoms with Crippen molar-refractivity contribution in [3.63, 3.8) is 0 Å². The summed E-state index contributed by atoms with van der Waals surface area (Å²) in [7, 11) is 0. The van der Waals surface area contributed by atoms with E-state index in [1.807, 2.05) is 0 Å². The van der Waals surface area contributed by atoms with Crippen LogP contribution >= 0.6 is 11.6 Å². The quantitative estimate of drug-likeness (QED) is 0.908. The minimum atomic E-state index is -0.950. The van der Waals surface area contributed by atoms with Crippen LogP contribution in [-0.4, -0.2) is 24.6 Å². The molecule has 0 spiro atoms. The lowest BCUT2D eigenvalue weighted by Crippen LogP contribution is -2.14. The second-order valence-corrected chi connectivity index (χ2v) is 4.41. The average molecular weight is 261 g/mol. The molecule has 1 N–H and O–H groups in total. The number of halogens is 2. The molecule has 94 valence electrons. The predicted molar refractivity (Wildman–Crippen MR) is 61.4 cm³/mol. The van der Waals surface area contributed by atoms with Crippen LogP contribution in [0.5, 0.6) is 0 Å². The van der Waals surface area contributed by atoms with Crippen LogP contribution in [0.15, 0.2) is 12.1 Å². The van der Waals surface area contributed by atoms with Gasteiger partial charge in [0.15, 0.2) is 6.29 Å². The van der Waals surface area contributed by atoms with E-state index in [2.05, 4.69) is 0 Å². The fourth-order valence-electron chi connectivity index (χ4n) is 1.79. The molecule has 0 amide bonds. The van der Waals surface area contributed by atoms with Gasteiger partial charge in [-0.3, -0.25) is 0 Å². The summed E-state index contributed by atoms with van der Waals surface area (Å²) >= 11 is 5.79. The molecule has 0 saturated carbocycles.